The molecule has 2 heterocycles. The molecule has 0 fully saturated rings. The Morgan fingerprint density at radius 1 is 0.592 bits per heavy atom. The highest BCUT2D eigenvalue weighted by Gasteiger charge is 2.18. The molecule has 4 aromatic carbocycles. The summed E-state index contributed by atoms with van der Waals surface area (Å²) in [7, 11) is 0. The van der Waals surface area contributed by atoms with E-state index in [1.54, 1.807) is 9.36 Å². The minimum atomic E-state index is 0.232. The average molecular weight is 646 g/mol. The molecule has 0 aliphatic rings. The van der Waals surface area contributed by atoms with Gasteiger partial charge in [-0.3, -0.25) is 0 Å². The number of ether oxygens (including phenoxy) is 2. The lowest BCUT2D eigenvalue weighted by atomic mass is 10.1. The quantitative estimate of drug-likeness (QED) is 0.156. The first-order chi connectivity index (χ1) is 23.8. The molecule has 0 saturated carbocycles. The van der Waals surface area contributed by atoms with Crippen molar-refractivity contribution >= 4 is 0 Å². The van der Waals surface area contributed by atoms with Gasteiger partial charge in [0.15, 0.2) is 0 Å². The maximum atomic E-state index is 9.50. The predicted octanol–water partition coefficient (Wildman–Crippen LogP) is 7.95. The van der Waals surface area contributed by atoms with Crippen LogP contribution in [-0.2, 0) is 19.6 Å². The lowest BCUT2D eigenvalue weighted by Crippen LogP contribution is -2.07. The first-order valence-electron chi connectivity index (χ1n) is 15.7. The van der Waals surface area contributed by atoms with Gasteiger partial charge in [-0.2, -0.15) is 26.0 Å². The van der Waals surface area contributed by atoms with E-state index in [9.17, 15) is 10.5 Å². The van der Waals surface area contributed by atoms with Crippen LogP contribution >= 0.6 is 0 Å². The number of aryl methyl sites for hydroxylation is 3. The molecule has 49 heavy (non-hydrogen) atoms. The summed E-state index contributed by atoms with van der Waals surface area (Å²) in [5, 5.41) is 36.7. The second-order valence-electron chi connectivity index (χ2n) is 11.3. The molecule has 0 unspecified atom stereocenters. The van der Waals surface area contributed by atoms with Crippen molar-refractivity contribution in [3.63, 3.8) is 0 Å². The summed E-state index contributed by atoms with van der Waals surface area (Å²) in [6.07, 6.45) is 0.374. The van der Waals surface area contributed by atoms with Crippen molar-refractivity contribution in [3.05, 3.63) is 154 Å². The normalized spacial score (nSPS) is 10.2. The number of para-hydroxylation sites is 2. The Balaban J connectivity index is 0.000000191. The van der Waals surface area contributed by atoms with Gasteiger partial charge < -0.3 is 9.47 Å². The first-order valence-corrected chi connectivity index (χ1v) is 15.7. The zero-order valence-electron chi connectivity index (χ0n) is 27.9. The molecule has 0 spiro atoms. The third-order valence-electron chi connectivity index (χ3n) is 8.04. The fourth-order valence-electron chi connectivity index (χ4n) is 5.25. The van der Waals surface area contributed by atoms with Crippen LogP contribution in [0.4, 0.5) is 0 Å². The fraction of sp³-hybridized carbons (Fsp3) is 0.175. The van der Waals surface area contributed by atoms with Gasteiger partial charge >= 0.3 is 0 Å². The topological polar surface area (TPSA) is 125 Å². The molecular weight excluding hydrogens is 610 g/mol. The Morgan fingerprint density at radius 2 is 1.10 bits per heavy atom. The third-order valence-corrected chi connectivity index (χ3v) is 8.04. The summed E-state index contributed by atoms with van der Waals surface area (Å²) in [5.41, 5.74) is 9.01. The average Bonchev–Trinajstić information content (AvgIpc) is 3.64. The molecule has 6 rings (SSSR count). The van der Waals surface area contributed by atoms with Crippen molar-refractivity contribution in [2.24, 2.45) is 0 Å². The van der Waals surface area contributed by atoms with Crippen molar-refractivity contribution in [2.75, 3.05) is 0 Å². The van der Waals surface area contributed by atoms with Gasteiger partial charge in [0.2, 0.25) is 0 Å². The first kappa shape index (κ1) is 33.7. The Labute approximate surface area is 286 Å². The lowest BCUT2D eigenvalue weighted by molar-refractivity contribution is 0.295. The van der Waals surface area contributed by atoms with Crippen LogP contribution in [-0.4, -0.2) is 19.6 Å². The van der Waals surface area contributed by atoms with E-state index in [0.717, 1.165) is 33.9 Å². The van der Waals surface area contributed by atoms with E-state index < -0.39 is 0 Å². The number of hydrogen-bond acceptors (Lipinski definition) is 7. The van der Waals surface area contributed by atoms with Crippen LogP contribution in [0, 0.1) is 61.7 Å². The summed E-state index contributed by atoms with van der Waals surface area (Å²) in [6.45, 7) is 8.29. The molecule has 0 bridgehead atoms. The van der Waals surface area contributed by atoms with E-state index in [1.807, 2.05) is 118 Å². The molecule has 0 amide bonds. The molecule has 9 heteroatoms. The van der Waals surface area contributed by atoms with Crippen LogP contribution in [0.1, 0.15) is 50.6 Å². The SMILES string of the molecule is Cc1cccc(OCc2c(C#N)c(C)nn2-c2ccccc2)c1C.Cc1nn(-c2ccccc2)c(COc2ccc(CC#N)cc2)c1C#N. The monoisotopic (exact) mass is 645 g/mol. The summed E-state index contributed by atoms with van der Waals surface area (Å²) < 4.78 is 15.4. The zero-order chi connectivity index (χ0) is 34.8. The van der Waals surface area contributed by atoms with Crippen LogP contribution in [0.2, 0.25) is 0 Å². The van der Waals surface area contributed by atoms with Crippen LogP contribution in [0.15, 0.2) is 103 Å². The van der Waals surface area contributed by atoms with E-state index in [2.05, 4.69) is 41.4 Å². The number of rotatable bonds is 9. The summed E-state index contributed by atoms with van der Waals surface area (Å²) in [6, 6.07) is 39.4. The standard InChI is InChI=1S/C20H16N4O.C20H19N3O/c1-15-19(13-22)20(24(23-15)17-5-3-2-4-6-17)14-25-18-9-7-16(8-10-18)11-12-21;1-14-8-7-11-20(15(14)2)24-13-19-18(12-21)16(3)22-23(19)17-9-5-4-6-10-17/h2-10H,11,14H2,1H3;4-11H,13H2,1-3H3. The molecule has 0 radical (unpaired) electrons. The molecule has 0 saturated heterocycles. The second kappa shape index (κ2) is 15.8. The van der Waals surface area contributed by atoms with Gasteiger partial charge in [0.25, 0.3) is 0 Å². The largest absolute Gasteiger partial charge is 0.487 e. The summed E-state index contributed by atoms with van der Waals surface area (Å²) in [5.74, 6) is 1.52. The Morgan fingerprint density at radius 3 is 1.59 bits per heavy atom. The minimum absolute atomic E-state index is 0.232. The minimum Gasteiger partial charge on any atom is -0.487 e. The van der Waals surface area contributed by atoms with Crippen LogP contribution < -0.4 is 9.47 Å². The van der Waals surface area contributed by atoms with Crippen LogP contribution in [0.3, 0.4) is 0 Å². The number of hydrogen-bond donors (Lipinski definition) is 0. The van der Waals surface area contributed by atoms with Crippen LogP contribution in [0.25, 0.3) is 11.4 Å². The maximum Gasteiger partial charge on any atom is 0.132 e. The fourth-order valence-corrected chi connectivity index (χ4v) is 5.25. The molecule has 9 nitrogen and oxygen atoms in total. The lowest BCUT2D eigenvalue weighted by Gasteiger charge is -2.12. The van der Waals surface area contributed by atoms with Crippen molar-refractivity contribution in [2.45, 2.75) is 47.3 Å². The zero-order valence-corrected chi connectivity index (χ0v) is 27.9. The van der Waals surface area contributed by atoms with Gasteiger partial charge in [-0.1, -0.05) is 60.7 Å². The van der Waals surface area contributed by atoms with Gasteiger partial charge in [0.05, 0.1) is 46.6 Å². The van der Waals surface area contributed by atoms with Crippen molar-refractivity contribution in [1.29, 1.82) is 15.8 Å². The van der Waals surface area contributed by atoms with E-state index in [0.29, 0.717) is 47.0 Å². The van der Waals surface area contributed by atoms with E-state index in [4.69, 9.17) is 14.7 Å². The second-order valence-corrected chi connectivity index (χ2v) is 11.3. The van der Waals surface area contributed by atoms with E-state index in [1.165, 1.54) is 5.56 Å². The van der Waals surface area contributed by atoms with Crippen LogP contribution in [0.5, 0.6) is 11.5 Å². The van der Waals surface area contributed by atoms with Crippen molar-refractivity contribution in [1.82, 2.24) is 19.6 Å². The molecule has 0 aliphatic carbocycles. The molecule has 242 valence electrons. The molecule has 2 aromatic heterocycles. The maximum absolute atomic E-state index is 9.50. The highest BCUT2D eigenvalue weighted by molar-refractivity contribution is 5.45. The molecule has 0 aliphatic heterocycles. The van der Waals surface area contributed by atoms with Crippen molar-refractivity contribution in [3.8, 4) is 41.1 Å². The highest BCUT2D eigenvalue weighted by Crippen LogP contribution is 2.25. The molecule has 0 atom stereocenters. The number of nitrogens with zero attached hydrogens (tertiary/aromatic N) is 7. The van der Waals surface area contributed by atoms with Gasteiger partial charge in [0.1, 0.15) is 48.0 Å². The van der Waals surface area contributed by atoms with Gasteiger partial charge in [-0.05, 0) is 86.8 Å². The Hall–Kier alpha value is -6.63. The van der Waals surface area contributed by atoms with E-state index >= 15 is 0 Å². The highest BCUT2D eigenvalue weighted by atomic mass is 16.5. The number of aromatic nitrogens is 4. The van der Waals surface area contributed by atoms with E-state index in [-0.39, 0.29) is 6.61 Å². The molecule has 6 aromatic rings. The summed E-state index contributed by atoms with van der Waals surface area (Å²) >= 11 is 0. The summed E-state index contributed by atoms with van der Waals surface area (Å²) in [4.78, 5) is 0. The van der Waals surface area contributed by atoms with Crippen molar-refractivity contribution < 1.29 is 9.47 Å². The smallest absolute Gasteiger partial charge is 0.132 e. The molecule has 0 N–H and O–H groups in total. The molecular formula is C40H35N7O2. The Kier molecular flexibility index (Phi) is 10.9. The Bertz CT molecular complexity index is 2160. The number of nitriles is 3. The van der Waals surface area contributed by atoms with Gasteiger partial charge in [0, 0.05) is 0 Å². The van der Waals surface area contributed by atoms with Gasteiger partial charge in [-0.15, -0.1) is 0 Å². The predicted molar refractivity (Wildman–Crippen MR) is 186 cm³/mol. The number of benzene rings is 4. The third kappa shape index (κ3) is 7.85. The van der Waals surface area contributed by atoms with Gasteiger partial charge in [-0.25, -0.2) is 9.36 Å².